The number of aromatic hydroxyl groups is 1. The van der Waals surface area contributed by atoms with Gasteiger partial charge in [0.25, 0.3) is 11.5 Å². The number of aromatic nitrogens is 2. The van der Waals surface area contributed by atoms with Gasteiger partial charge in [0.1, 0.15) is 17.5 Å². The van der Waals surface area contributed by atoms with E-state index in [4.69, 9.17) is 0 Å². The Balaban J connectivity index is 2.02. The molecule has 8 heteroatoms. The van der Waals surface area contributed by atoms with Crippen LogP contribution in [-0.2, 0) is 13.6 Å². The fourth-order valence-corrected chi connectivity index (χ4v) is 2.75. The molecular weight excluding hydrogens is 368 g/mol. The standard InChI is InChI=1S/C20H17F2N3O3/c1-11-6-3-4-7-12(11)10-23-19(27)16-17(26)20(28)25(2)18(24-16)15-13(21)8-5-9-14(15)22/h3-9,26H,10H2,1-2H3,(H,23,27). The highest BCUT2D eigenvalue weighted by Crippen LogP contribution is 2.25. The van der Waals surface area contributed by atoms with Crippen LogP contribution in [0.3, 0.4) is 0 Å². The minimum Gasteiger partial charge on any atom is -0.501 e. The van der Waals surface area contributed by atoms with Crippen LogP contribution in [0.1, 0.15) is 21.6 Å². The third-order valence-electron chi connectivity index (χ3n) is 4.37. The maximum atomic E-state index is 14.1. The molecule has 0 unspecified atom stereocenters. The molecule has 0 bridgehead atoms. The lowest BCUT2D eigenvalue weighted by Crippen LogP contribution is -2.29. The molecule has 0 atom stereocenters. The number of aryl methyl sites for hydroxylation is 1. The topological polar surface area (TPSA) is 84.2 Å². The van der Waals surface area contributed by atoms with E-state index in [0.29, 0.717) is 0 Å². The van der Waals surface area contributed by atoms with Gasteiger partial charge in [0.15, 0.2) is 5.69 Å². The minimum atomic E-state index is -0.992. The lowest BCUT2D eigenvalue weighted by Gasteiger charge is -2.13. The highest BCUT2D eigenvalue weighted by Gasteiger charge is 2.23. The van der Waals surface area contributed by atoms with Crippen molar-refractivity contribution in [3.05, 3.63) is 81.3 Å². The molecule has 28 heavy (non-hydrogen) atoms. The van der Waals surface area contributed by atoms with E-state index in [9.17, 15) is 23.5 Å². The number of rotatable bonds is 4. The Labute approximate surface area is 159 Å². The molecule has 0 saturated carbocycles. The average molecular weight is 385 g/mol. The number of carbonyl (C=O) groups is 1. The van der Waals surface area contributed by atoms with Gasteiger partial charge in [0, 0.05) is 13.6 Å². The molecule has 0 spiro atoms. The van der Waals surface area contributed by atoms with Gasteiger partial charge in [-0.25, -0.2) is 13.8 Å². The summed E-state index contributed by atoms with van der Waals surface area (Å²) in [5, 5.41) is 12.6. The van der Waals surface area contributed by atoms with Crippen molar-refractivity contribution in [2.24, 2.45) is 7.05 Å². The highest BCUT2D eigenvalue weighted by atomic mass is 19.1. The molecule has 144 valence electrons. The summed E-state index contributed by atoms with van der Waals surface area (Å²) in [7, 11) is 1.20. The number of carbonyl (C=O) groups excluding carboxylic acids is 1. The molecule has 0 aliphatic carbocycles. The fourth-order valence-electron chi connectivity index (χ4n) is 2.75. The van der Waals surface area contributed by atoms with E-state index in [2.05, 4.69) is 10.3 Å². The zero-order chi connectivity index (χ0) is 20.4. The smallest absolute Gasteiger partial charge is 0.296 e. The summed E-state index contributed by atoms with van der Waals surface area (Å²) in [5.74, 6) is -4.03. The van der Waals surface area contributed by atoms with E-state index in [0.717, 1.165) is 27.8 Å². The summed E-state index contributed by atoms with van der Waals surface area (Å²) in [6, 6.07) is 10.5. The summed E-state index contributed by atoms with van der Waals surface area (Å²) in [6.45, 7) is 2.00. The Morgan fingerprint density at radius 2 is 1.79 bits per heavy atom. The Morgan fingerprint density at radius 3 is 2.43 bits per heavy atom. The Kier molecular flexibility index (Phi) is 5.21. The quantitative estimate of drug-likeness (QED) is 0.723. The largest absolute Gasteiger partial charge is 0.501 e. The normalized spacial score (nSPS) is 10.7. The molecule has 0 saturated heterocycles. The van der Waals surface area contributed by atoms with Crippen LogP contribution in [-0.4, -0.2) is 20.6 Å². The Morgan fingerprint density at radius 1 is 1.14 bits per heavy atom. The fraction of sp³-hybridized carbons (Fsp3) is 0.150. The number of halogens is 2. The predicted octanol–water partition coefficient (Wildman–Crippen LogP) is 2.67. The minimum absolute atomic E-state index is 0.130. The van der Waals surface area contributed by atoms with Crippen LogP contribution in [0.2, 0.25) is 0 Å². The predicted molar refractivity (Wildman–Crippen MR) is 98.8 cm³/mol. The van der Waals surface area contributed by atoms with Crippen molar-refractivity contribution in [1.29, 1.82) is 0 Å². The second kappa shape index (κ2) is 7.59. The monoisotopic (exact) mass is 385 g/mol. The molecule has 0 radical (unpaired) electrons. The van der Waals surface area contributed by atoms with Crippen LogP contribution in [0, 0.1) is 18.6 Å². The molecule has 0 aliphatic heterocycles. The molecule has 1 heterocycles. The van der Waals surface area contributed by atoms with Crippen molar-refractivity contribution < 1.29 is 18.7 Å². The van der Waals surface area contributed by atoms with E-state index < -0.39 is 45.9 Å². The van der Waals surface area contributed by atoms with Gasteiger partial charge in [-0.1, -0.05) is 30.3 Å². The molecule has 3 aromatic rings. The molecule has 0 fully saturated rings. The van der Waals surface area contributed by atoms with Crippen molar-refractivity contribution in [2.75, 3.05) is 0 Å². The first-order chi connectivity index (χ1) is 13.3. The summed E-state index contributed by atoms with van der Waals surface area (Å²) >= 11 is 0. The third-order valence-corrected chi connectivity index (χ3v) is 4.37. The van der Waals surface area contributed by atoms with Crippen molar-refractivity contribution in [2.45, 2.75) is 13.5 Å². The van der Waals surface area contributed by atoms with E-state index in [-0.39, 0.29) is 6.54 Å². The van der Waals surface area contributed by atoms with Crippen LogP contribution in [0.4, 0.5) is 8.78 Å². The van der Waals surface area contributed by atoms with Gasteiger partial charge in [-0.15, -0.1) is 0 Å². The average Bonchev–Trinajstić information content (AvgIpc) is 2.67. The lowest BCUT2D eigenvalue weighted by atomic mass is 10.1. The SMILES string of the molecule is Cc1ccccc1CNC(=O)c1nc(-c2c(F)cccc2F)n(C)c(=O)c1O. The summed E-state index contributed by atoms with van der Waals surface area (Å²) in [4.78, 5) is 28.7. The van der Waals surface area contributed by atoms with Gasteiger partial charge >= 0.3 is 0 Å². The number of nitrogens with one attached hydrogen (secondary N) is 1. The zero-order valence-corrected chi connectivity index (χ0v) is 15.2. The number of nitrogens with zero attached hydrogens (tertiary/aromatic N) is 2. The number of benzene rings is 2. The van der Waals surface area contributed by atoms with Crippen LogP contribution >= 0.6 is 0 Å². The van der Waals surface area contributed by atoms with Gasteiger partial charge in [0.2, 0.25) is 5.75 Å². The lowest BCUT2D eigenvalue weighted by molar-refractivity contribution is 0.0942. The van der Waals surface area contributed by atoms with E-state index in [1.807, 2.05) is 31.2 Å². The molecule has 1 amide bonds. The van der Waals surface area contributed by atoms with Crippen molar-refractivity contribution in [3.63, 3.8) is 0 Å². The van der Waals surface area contributed by atoms with E-state index in [1.165, 1.54) is 13.1 Å². The van der Waals surface area contributed by atoms with Gasteiger partial charge < -0.3 is 10.4 Å². The Bertz CT molecular complexity index is 1110. The summed E-state index contributed by atoms with van der Waals surface area (Å²) in [6.07, 6.45) is 0. The molecule has 2 aromatic carbocycles. The maximum Gasteiger partial charge on any atom is 0.296 e. The Hall–Kier alpha value is -3.55. The second-order valence-corrected chi connectivity index (χ2v) is 6.20. The highest BCUT2D eigenvalue weighted by molar-refractivity contribution is 5.95. The van der Waals surface area contributed by atoms with Crippen molar-refractivity contribution in [1.82, 2.24) is 14.9 Å². The van der Waals surface area contributed by atoms with E-state index in [1.54, 1.807) is 0 Å². The van der Waals surface area contributed by atoms with Gasteiger partial charge in [-0.3, -0.25) is 14.2 Å². The third kappa shape index (κ3) is 3.48. The molecule has 3 rings (SSSR count). The van der Waals surface area contributed by atoms with Gasteiger partial charge in [-0.05, 0) is 30.2 Å². The summed E-state index contributed by atoms with van der Waals surface area (Å²) in [5.41, 5.74) is -0.379. The number of hydrogen-bond acceptors (Lipinski definition) is 4. The molecule has 6 nitrogen and oxygen atoms in total. The van der Waals surface area contributed by atoms with Crippen LogP contribution in [0.5, 0.6) is 5.75 Å². The summed E-state index contributed by atoms with van der Waals surface area (Å²) < 4.78 is 29.1. The molecule has 2 N–H and O–H groups in total. The van der Waals surface area contributed by atoms with E-state index >= 15 is 0 Å². The number of hydrogen-bond donors (Lipinski definition) is 2. The first-order valence-electron chi connectivity index (χ1n) is 8.38. The number of amides is 1. The maximum absolute atomic E-state index is 14.1. The van der Waals surface area contributed by atoms with Crippen molar-refractivity contribution in [3.8, 4) is 17.1 Å². The molecule has 0 aliphatic rings. The van der Waals surface area contributed by atoms with Gasteiger partial charge in [-0.2, -0.15) is 0 Å². The van der Waals surface area contributed by atoms with Crippen LogP contribution < -0.4 is 10.9 Å². The van der Waals surface area contributed by atoms with Crippen LogP contribution in [0.25, 0.3) is 11.4 Å². The molecular formula is C20H17F2N3O3. The molecule has 1 aromatic heterocycles. The second-order valence-electron chi connectivity index (χ2n) is 6.20. The zero-order valence-electron chi connectivity index (χ0n) is 15.2. The first kappa shape index (κ1) is 19.2. The van der Waals surface area contributed by atoms with Crippen LogP contribution in [0.15, 0.2) is 47.3 Å². The van der Waals surface area contributed by atoms with Crippen molar-refractivity contribution >= 4 is 5.91 Å². The van der Waals surface area contributed by atoms with Gasteiger partial charge in [0.05, 0.1) is 5.56 Å². The first-order valence-corrected chi connectivity index (χ1v) is 8.38.